The monoisotopic (exact) mass is 439 g/mol. The zero-order valence-corrected chi connectivity index (χ0v) is 15.3. The molecule has 0 unspecified atom stereocenters. The predicted molar refractivity (Wildman–Crippen MR) is 95.3 cm³/mol. The normalized spacial score (nSPS) is 19.7. The fourth-order valence-electron chi connectivity index (χ4n) is 3.17. The van der Waals surface area contributed by atoms with E-state index in [2.05, 4.69) is 10.3 Å². The van der Waals surface area contributed by atoms with Gasteiger partial charge in [-0.1, -0.05) is 24.6 Å². The molecule has 128 valence electrons. The molecule has 1 aliphatic carbocycles. The van der Waals surface area contributed by atoms with E-state index in [1.807, 2.05) is 18.0 Å². The summed E-state index contributed by atoms with van der Waals surface area (Å²) >= 11 is 0. The van der Waals surface area contributed by atoms with E-state index in [-0.39, 0.29) is 29.4 Å². The number of aliphatic imine (C=N–C) groups is 1. The van der Waals surface area contributed by atoms with Gasteiger partial charge in [-0.15, -0.1) is 24.0 Å². The van der Waals surface area contributed by atoms with Crippen molar-refractivity contribution in [2.75, 3.05) is 26.7 Å². The summed E-state index contributed by atoms with van der Waals surface area (Å²) in [5.41, 5.74) is 0.0154. The van der Waals surface area contributed by atoms with E-state index in [4.69, 9.17) is 0 Å². The van der Waals surface area contributed by atoms with Gasteiger partial charge in [0.15, 0.2) is 5.96 Å². The second kappa shape index (κ2) is 6.86. The summed E-state index contributed by atoms with van der Waals surface area (Å²) in [6.45, 7) is 2.30. The van der Waals surface area contributed by atoms with E-state index in [1.165, 1.54) is 12.1 Å². The van der Waals surface area contributed by atoms with Gasteiger partial charge in [0.1, 0.15) is 0 Å². The standard InChI is InChI=1S/C16H20F3N3.HI/c1-22-9-8-20-14(22)21-11-15(6-3-7-15)12-4-2-5-13(10-12)16(17,18)19;/h2,4-5,10H,3,6-9,11H2,1H3,(H,20,21);1H. The Balaban J connectivity index is 0.00000192. The topological polar surface area (TPSA) is 27.6 Å². The lowest BCUT2D eigenvalue weighted by molar-refractivity contribution is -0.137. The van der Waals surface area contributed by atoms with E-state index in [9.17, 15) is 13.2 Å². The van der Waals surface area contributed by atoms with Gasteiger partial charge >= 0.3 is 6.18 Å². The van der Waals surface area contributed by atoms with Gasteiger partial charge in [-0.25, -0.2) is 0 Å². The Morgan fingerprint density at radius 3 is 2.57 bits per heavy atom. The van der Waals surface area contributed by atoms with Crippen LogP contribution in [0.1, 0.15) is 30.4 Å². The minimum Gasteiger partial charge on any atom is -0.355 e. The van der Waals surface area contributed by atoms with Gasteiger partial charge in [-0.2, -0.15) is 13.2 Å². The molecule has 1 heterocycles. The van der Waals surface area contributed by atoms with Crippen LogP contribution in [0.3, 0.4) is 0 Å². The second-order valence-electron chi connectivity index (χ2n) is 6.19. The van der Waals surface area contributed by atoms with Crippen molar-refractivity contribution in [1.82, 2.24) is 10.2 Å². The summed E-state index contributed by atoms with van der Waals surface area (Å²) in [6.07, 6.45) is -1.40. The molecule has 1 aliphatic heterocycles. The van der Waals surface area contributed by atoms with E-state index in [0.717, 1.165) is 49.9 Å². The van der Waals surface area contributed by atoms with Crippen molar-refractivity contribution in [2.24, 2.45) is 4.99 Å². The van der Waals surface area contributed by atoms with Gasteiger partial charge < -0.3 is 10.2 Å². The third-order valence-corrected chi connectivity index (χ3v) is 4.76. The van der Waals surface area contributed by atoms with E-state index >= 15 is 0 Å². The second-order valence-corrected chi connectivity index (χ2v) is 6.19. The van der Waals surface area contributed by atoms with Crippen LogP contribution in [0, 0.1) is 0 Å². The molecule has 7 heteroatoms. The van der Waals surface area contributed by atoms with Gasteiger partial charge in [0.25, 0.3) is 0 Å². The van der Waals surface area contributed by atoms with E-state index in [0.29, 0.717) is 6.54 Å². The van der Waals surface area contributed by atoms with Crippen LogP contribution in [0.25, 0.3) is 0 Å². The highest BCUT2D eigenvalue weighted by molar-refractivity contribution is 14.0. The largest absolute Gasteiger partial charge is 0.416 e. The molecule has 1 N–H and O–H groups in total. The van der Waals surface area contributed by atoms with Crippen LogP contribution in [0.2, 0.25) is 0 Å². The lowest BCUT2D eigenvalue weighted by Crippen LogP contribution is -2.48. The molecule has 0 spiro atoms. The maximum Gasteiger partial charge on any atom is 0.416 e. The maximum atomic E-state index is 12.9. The number of likely N-dealkylation sites (N-methyl/N-ethyl adjacent to an activating group) is 1. The van der Waals surface area contributed by atoms with Crippen LogP contribution >= 0.6 is 24.0 Å². The Morgan fingerprint density at radius 2 is 2.04 bits per heavy atom. The van der Waals surface area contributed by atoms with Crippen LogP contribution in [0.5, 0.6) is 0 Å². The third kappa shape index (κ3) is 3.75. The van der Waals surface area contributed by atoms with Crippen molar-refractivity contribution in [1.29, 1.82) is 0 Å². The number of hydrogen-bond acceptors (Lipinski definition) is 3. The molecule has 0 saturated heterocycles. The highest BCUT2D eigenvalue weighted by Crippen LogP contribution is 2.44. The van der Waals surface area contributed by atoms with Gasteiger partial charge in [-0.05, 0) is 24.5 Å². The van der Waals surface area contributed by atoms with Crippen molar-refractivity contribution < 1.29 is 13.2 Å². The van der Waals surface area contributed by atoms with Crippen LogP contribution in [0.4, 0.5) is 13.2 Å². The Bertz CT molecular complexity index is 582. The lowest BCUT2D eigenvalue weighted by Gasteiger charge is -2.43. The van der Waals surface area contributed by atoms with E-state index in [1.54, 1.807) is 0 Å². The summed E-state index contributed by atoms with van der Waals surface area (Å²) in [5.74, 6) is 0.846. The Kier molecular flexibility index (Phi) is 5.48. The number of halogens is 4. The first-order valence-electron chi connectivity index (χ1n) is 7.58. The molecule has 1 aromatic carbocycles. The summed E-state index contributed by atoms with van der Waals surface area (Å²) in [5, 5.41) is 3.33. The molecule has 1 saturated carbocycles. The number of alkyl halides is 3. The number of benzene rings is 1. The zero-order valence-electron chi connectivity index (χ0n) is 13.0. The Morgan fingerprint density at radius 1 is 1.30 bits per heavy atom. The van der Waals surface area contributed by atoms with Gasteiger partial charge in [-0.3, -0.25) is 4.99 Å². The molecule has 1 fully saturated rings. The van der Waals surface area contributed by atoms with Crippen molar-refractivity contribution in [3.8, 4) is 0 Å². The molecular formula is C16H21F3IN3. The smallest absolute Gasteiger partial charge is 0.355 e. The first-order chi connectivity index (χ1) is 10.4. The molecular weight excluding hydrogens is 418 g/mol. The number of guanidine groups is 1. The number of hydrogen-bond donors (Lipinski definition) is 1. The number of rotatable bonds is 3. The minimum atomic E-state index is -4.29. The van der Waals surface area contributed by atoms with Crippen LogP contribution < -0.4 is 5.32 Å². The highest BCUT2D eigenvalue weighted by atomic mass is 127. The predicted octanol–water partition coefficient (Wildman–Crippen LogP) is 3.64. The zero-order chi connectivity index (χ0) is 15.8. The van der Waals surface area contributed by atoms with Crippen LogP contribution in [0.15, 0.2) is 29.3 Å². The Labute approximate surface area is 151 Å². The summed E-state index contributed by atoms with van der Waals surface area (Å²) in [4.78, 5) is 6.42. The molecule has 0 radical (unpaired) electrons. The average molecular weight is 439 g/mol. The van der Waals surface area contributed by atoms with Crippen molar-refractivity contribution in [3.63, 3.8) is 0 Å². The van der Waals surface area contributed by atoms with Crippen molar-refractivity contribution in [3.05, 3.63) is 35.4 Å². The van der Waals surface area contributed by atoms with Gasteiger partial charge in [0.2, 0.25) is 0 Å². The molecule has 3 rings (SSSR count). The molecule has 0 bridgehead atoms. The molecule has 0 aromatic heterocycles. The maximum absolute atomic E-state index is 12.9. The fourth-order valence-corrected chi connectivity index (χ4v) is 3.17. The number of nitrogens with zero attached hydrogens (tertiary/aromatic N) is 2. The highest BCUT2D eigenvalue weighted by Gasteiger charge is 2.40. The van der Waals surface area contributed by atoms with Crippen molar-refractivity contribution in [2.45, 2.75) is 30.9 Å². The van der Waals surface area contributed by atoms with Crippen molar-refractivity contribution >= 4 is 29.9 Å². The first kappa shape index (κ1) is 18.4. The Hall–Kier alpha value is -0.990. The van der Waals surface area contributed by atoms with E-state index < -0.39 is 11.7 Å². The molecule has 2 aliphatic rings. The summed E-state index contributed by atoms with van der Waals surface area (Å²) in [6, 6.07) is 5.77. The number of nitrogens with one attached hydrogen (secondary N) is 1. The average Bonchev–Trinajstić information content (AvgIpc) is 2.83. The third-order valence-electron chi connectivity index (χ3n) is 4.76. The molecule has 0 atom stereocenters. The lowest BCUT2D eigenvalue weighted by atomic mass is 9.64. The molecule has 3 nitrogen and oxygen atoms in total. The summed E-state index contributed by atoms with van der Waals surface area (Å²) < 4.78 is 38.8. The molecule has 1 aromatic rings. The SMILES string of the molecule is CN1CCN=C1NCC1(c2cccc(C(F)(F)F)c2)CCC1.I. The first-order valence-corrected chi connectivity index (χ1v) is 7.58. The molecule has 23 heavy (non-hydrogen) atoms. The minimum absolute atomic E-state index is 0. The summed E-state index contributed by atoms with van der Waals surface area (Å²) in [7, 11) is 1.97. The fraction of sp³-hybridized carbons (Fsp3) is 0.562. The van der Waals surface area contributed by atoms with Crippen LogP contribution in [-0.2, 0) is 11.6 Å². The van der Waals surface area contributed by atoms with Gasteiger partial charge in [0.05, 0.1) is 12.1 Å². The molecule has 0 amide bonds. The quantitative estimate of drug-likeness (QED) is 0.729. The van der Waals surface area contributed by atoms with Gasteiger partial charge in [0, 0.05) is 25.6 Å². The van der Waals surface area contributed by atoms with Crippen LogP contribution in [-0.4, -0.2) is 37.5 Å².